The predicted octanol–water partition coefficient (Wildman–Crippen LogP) is 5.29. The minimum atomic E-state index is -5.00. The molecule has 0 aliphatic heterocycles. The maximum atomic E-state index is 11.2. The highest BCUT2D eigenvalue weighted by atomic mass is 35.5. The lowest BCUT2D eigenvalue weighted by Crippen LogP contribution is -2.29. The molecule has 0 bridgehead atoms. The molecule has 0 saturated heterocycles. The molecular formula is C6H3Cl3F8. The van der Waals surface area contributed by atoms with E-state index in [1.807, 2.05) is 0 Å². The van der Waals surface area contributed by atoms with Gasteiger partial charge in [0, 0.05) is 5.54 Å². The van der Waals surface area contributed by atoms with Crippen molar-refractivity contribution in [3.63, 3.8) is 0 Å². The topological polar surface area (TPSA) is 0 Å². The van der Waals surface area contributed by atoms with Crippen molar-refractivity contribution in [3.05, 3.63) is 10.6 Å². The number of allylic oxidation sites excluding steroid dienone is 1. The number of rotatable bonds is 1. The SMILES string of the molecule is FC(F)(F)/C(Cl)=C\Cl.FC(F)C(Cl)C(F)(F)F. The van der Waals surface area contributed by atoms with Crippen molar-refractivity contribution in [2.45, 2.75) is 24.2 Å². The molecule has 0 heterocycles. The van der Waals surface area contributed by atoms with E-state index in [2.05, 4.69) is 34.8 Å². The van der Waals surface area contributed by atoms with Crippen LogP contribution in [0.2, 0.25) is 0 Å². The third-order valence-electron chi connectivity index (χ3n) is 0.901. The van der Waals surface area contributed by atoms with Crippen LogP contribution in [-0.2, 0) is 0 Å². The lowest BCUT2D eigenvalue weighted by Gasteiger charge is -2.10. The Morgan fingerprint density at radius 3 is 1.35 bits per heavy atom. The molecule has 0 radical (unpaired) electrons. The van der Waals surface area contributed by atoms with Crippen molar-refractivity contribution in [2.75, 3.05) is 0 Å². The van der Waals surface area contributed by atoms with Gasteiger partial charge in [-0.1, -0.05) is 23.2 Å². The summed E-state index contributed by atoms with van der Waals surface area (Å²) >= 11 is 13.4. The van der Waals surface area contributed by atoms with Crippen LogP contribution in [0.3, 0.4) is 0 Å². The third kappa shape index (κ3) is 9.72. The van der Waals surface area contributed by atoms with Crippen molar-refractivity contribution in [3.8, 4) is 0 Å². The molecule has 0 amide bonds. The van der Waals surface area contributed by atoms with Gasteiger partial charge in [0.05, 0.1) is 0 Å². The number of hydrogen-bond acceptors (Lipinski definition) is 0. The predicted molar refractivity (Wildman–Crippen MR) is 47.5 cm³/mol. The van der Waals surface area contributed by atoms with Gasteiger partial charge in [-0.05, 0) is 0 Å². The first-order chi connectivity index (χ1) is 7.34. The standard InChI is InChI=1S/C3HCl2F3.C3H2ClF5/c4-1-2(5)3(6,7)8;4-1(2(5)6)3(7,8)9/h1H;1-2H/b2-1+;. The highest BCUT2D eigenvalue weighted by Crippen LogP contribution is 2.29. The van der Waals surface area contributed by atoms with Crippen molar-refractivity contribution in [1.29, 1.82) is 0 Å². The summed E-state index contributed by atoms with van der Waals surface area (Å²) in [4.78, 5) is 0. The fourth-order valence-corrected chi connectivity index (χ4v) is 0.328. The highest BCUT2D eigenvalue weighted by Gasteiger charge is 2.44. The molecule has 0 aromatic heterocycles. The molecule has 0 N–H and O–H groups in total. The average molecular weight is 333 g/mol. The maximum Gasteiger partial charge on any atom is 0.427 e. The smallest absolute Gasteiger partial charge is 0.208 e. The third-order valence-corrected chi connectivity index (χ3v) is 1.99. The lowest BCUT2D eigenvalue weighted by molar-refractivity contribution is -0.153. The van der Waals surface area contributed by atoms with Crippen LogP contribution in [0, 0.1) is 0 Å². The molecule has 0 aliphatic rings. The zero-order chi connectivity index (χ0) is 14.4. The lowest BCUT2D eigenvalue weighted by atomic mass is 10.4. The summed E-state index contributed by atoms with van der Waals surface area (Å²) in [6.07, 6.45) is -13.1. The zero-order valence-electron chi connectivity index (χ0n) is 7.39. The largest absolute Gasteiger partial charge is 0.427 e. The first-order valence-corrected chi connectivity index (χ1v) is 4.61. The Kier molecular flexibility index (Phi) is 8.53. The molecule has 0 rings (SSSR count). The number of halogens is 11. The van der Waals surface area contributed by atoms with Gasteiger partial charge in [0.15, 0.2) is 5.38 Å². The van der Waals surface area contributed by atoms with E-state index in [1.165, 1.54) is 0 Å². The molecule has 17 heavy (non-hydrogen) atoms. The molecule has 0 aromatic carbocycles. The van der Waals surface area contributed by atoms with E-state index in [0.717, 1.165) is 0 Å². The molecule has 0 nitrogen and oxygen atoms in total. The van der Waals surface area contributed by atoms with Gasteiger partial charge in [-0.15, -0.1) is 11.6 Å². The van der Waals surface area contributed by atoms with Crippen LogP contribution >= 0.6 is 34.8 Å². The van der Waals surface area contributed by atoms with Crippen LogP contribution in [-0.4, -0.2) is 24.2 Å². The summed E-state index contributed by atoms with van der Waals surface area (Å²) in [6.45, 7) is 0. The van der Waals surface area contributed by atoms with Gasteiger partial charge in [0.2, 0.25) is 0 Å². The minimum absolute atomic E-state index is 0.279. The van der Waals surface area contributed by atoms with Gasteiger partial charge in [-0.3, -0.25) is 0 Å². The Morgan fingerprint density at radius 1 is 1.00 bits per heavy atom. The fraction of sp³-hybridized carbons (Fsp3) is 0.667. The Hall–Kier alpha value is 0.0500. The van der Waals surface area contributed by atoms with E-state index >= 15 is 0 Å². The van der Waals surface area contributed by atoms with Crippen LogP contribution in [0.1, 0.15) is 0 Å². The summed E-state index contributed by atoms with van der Waals surface area (Å²) < 4.78 is 88.9. The second-order valence-corrected chi connectivity index (χ2v) is 3.33. The summed E-state index contributed by atoms with van der Waals surface area (Å²) in [6, 6.07) is 0. The van der Waals surface area contributed by atoms with E-state index in [-0.39, 0.29) is 5.54 Å². The van der Waals surface area contributed by atoms with Gasteiger partial charge in [-0.2, -0.15) is 26.3 Å². The van der Waals surface area contributed by atoms with Crippen LogP contribution in [0.4, 0.5) is 35.1 Å². The molecule has 1 atom stereocenters. The zero-order valence-corrected chi connectivity index (χ0v) is 9.66. The molecule has 11 heteroatoms. The second kappa shape index (κ2) is 7.48. The van der Waals surface area contributed by atoms with Crippen molar-refractivity contribution in [2.24, 2.45) is 0 Å². The average Bonchev–Trinajstić information content (AvgIpc) is 2.13. The van der Waals surface area contributed by atoms with Gasteiger partial charge < -0.3 is 0 Å². The van der Waals surface area contributed by atoms with E-state index in [4.69, 9.17) is 0 Å². The van der Waals surface area contributed by atoms with Crippen molar-refractivity contribution < 1.29 is 35.1 Å². The van der Waals surface area contributed by atoms with E-state index in [1.54, 1.807) is 0 Å². The number of hydrogen-bond donors (Lipinski definition) is 0. The first-order valence-electron chi connectivity index (χ1n) is 3.36. The Balaban J connectivity index is 0. The first kappa shape index (κ1) is 19.4. The normalized spacial score (nSPS) is 15.4. The van der Waals surface area contributed by atoms with Crippen molar-refractivity contribution in [1.82, 2.24) is 0 Å². The molecule has 0 spiro atoms. The van der Waals surface area contributed by atoms with Crippen LogP contribution in [0.15, 0.2) is 10.6 Å². The monoisotopic (exact) mass is 332 g/mol. The summed E-state index contributed by atoms with van der Waals surface area (Å²) in [7, 11) is 0. The van der Waals surface area contributed by atoms with E-state index in [9.17, 15) is 35.1 Å². The molecule has 0 aromatic rings. The Morgan fingerprint density at radius 2 is 1.35 bits per heavy atom. The van der Waals surface area contributed by atoms with E-state index < -0.39 is 29.2 Å². The summed E-state index contributed by atoms with van der Waals surface area (Å²) in [5.74, 6) is 0. The molecule has 0 aliphatic carbocycles. The molecule has 104 valence electrons. The maximum absolute atomic E-state index is 11.2. The second-order valence-electron chi connectivity index (χ2n) is 2.23. The van der Waals surface area contributed by atoms with Gasteiger partial charge in [-0.25, -0.2) is 8.78 Å². The van der Waals surface area contributed by atoms with E-state index in [0.29, 0.717) is 0 Å². The summed E-state index contributed by atoms with van der Waals surface area (Å²) in [5.41, 5.74) is 0.279. The number of alkyl halides is 9. The molecule has 1 unspecified atom stereocenters. The molecule has 0 saturated carbocycles. The summed E-state index contributed by atoms with van der Waals surface area (Å²) in [5, 5.41) is -4.35. The molecular weight excluding hydrogens is 330 g/mol. The fourth-order valence-electron chi connectivity index (χ4n) is 0.205. The Labute approximate surface area is 105 Å². The van der Waals surface area contributed by atoms with Gasteiger partial charge >= 0.3 is 12.4 Å². The molecule has 0 fully saturated rings. The minimum Gasteiger partial charge on any atom is -0.208 e. The van der Waals surface area contributed by atoms with Crippen LogP contribution in [0.25, 0.3) is 0 Å². The van der Waals surface area contributed by atoms with Crippen LogP contribution < -0.4 is 0 Å². The van der Waals surface area contributed by atoms with Gasteiger partial charge in [0.1, 0.15) is 5.03 Å². The quantitative estimate of drug-likeness (QED) is 0.452. The Bertz CT molecular complexity index is 243. The van der Waals surface area contributed by atoms with Crippen molar-refractivity contribution >= 4 is 34.8 Å². The van der Waals surface area contributed by atoms with Gasteiger partial charge in [0.25, 0.3) is 6.43 Å². The van der Waals surface area contributed by atoms with Crippen LogP contribution in [0.5, 0.6) is 0 Å². The highest BCUT2D eigenvalue weighted by molar-refractivity contribution is 6.37.